The molecule has 0 heterocycles. The average molecular weight is 188 g/mol. The van der Waals surface area contributed by atoms with Crippen molar-refractivity contribution in [2.75, 3.05) is 6.61 Å². The Hall–Kier alpha value is -0.120. The topological polar surface area (TPSA) is 49.7 Å². The van der Waals surface area contributed by atoms with E-state index in [1.165, 1.54) is 0 Å². The summed E-state index contributed by atoms with van der Waals surface area (Å²) in [5, 5.41) is 18.7. The number of aliphatic hydroxyl groups excluding tert-OH is 1. The van der Waals surface area contributed by atoms with Crippen molar-refractivity contribution >= 4 is 0 Å². The monoisotopic (exact) mass is 188 g/mol. The first-order valence-corrected chi connectivity index (χ1v) is 4.99. The molecular weight excluding hydrogens is 168 g/mol. The molecule has 3 heteroatoms. The summed E-state index contributed by atoms with van der Waals surface area (Å²) in [4.78, 5) is 0. The SMILES string of the molecule is CC(C)(O)COC1CCC(O)CC1. The highest BCUT2D eigenvalue weighted by molar-refractivity contribution is 4.73. The van der Waals surface area contributed by atoms with Gasteiger partial charge in [0.2, 0.25) is 0 Å². The molecule has 0 unspecified atom stereocenters. The van der Waals surface area contributed by atoms with Crippen molar-refractivity contribution in [3.05, 3.63) is 0 Å². The first-order valence-electron chi connectivity index (χ1n) is 4.99. The predicted octanol–water partition coefficient (Wildman–Crippen LogP) is 1.08. The van der Waals surface area contributed by atoms with Gasteiger partial charge in [0, 0.05) is 0 Å². The molecule has 0 aromatic rings. The smallest absolute Gasteiger partial charge is 0.0824 e. The lowest BCUT2D eigenvalue weighted by Crippen LogP contribution is -2.32. The average Bonchev–Trinajstić information content (AvgIpc) is 2.02. The normalized spacial score (nSPS) is 30.5. The number of ether oxygens (including phenoxy) is 1. The van der Waals surface area contributed by atoms with Crippen LogP contribution >= 0.6 is 0 Å². The predicted molar refractivity (Wildman–Crippen MR) is 50.5 cm³/mol. The Balaban J connectivity index is 2.16. The Labute approximate surface area is 79.7 Å². The van der Waals surface area contributed by atoms with Crippen molar-refractivity contribution in [3.8, 4) is 0 Å². The van der Waals surface area contributed by atoms with E-state index in [4.69, 9.17) is 4.74 Å². The summed E-state index contributed by atoms with van der Waals surface area (Å²) < 4.78 is 5.53. The summed E-state index contributed by atoms with van der Waals surface area (Å²) in [5.74, 6) is 0. The zero-order chi connectivity index (χ0) is 9.90. The standard InChI is InChI=1S/C10H20O3/c1-10(2,12)7-13-9-5-3-8(11)4-6-9/h8-9,11-12H,3-7H2,1-2H3. The molecule has 1 aliphatic rings. The van der Waals surface area contributed by atoms with Gasteiger partial charge in [0.15, 0.2) is 0 Å². The second-order valence-electron chi connectivity index (χ2n) is 4.55. The maximum atomic E-state index is 9.43. The van der Waals surface area contributed by atoms with E-state index in [-0.39, 0.29) is 12.2 Å². The third kappa shape index (κ3) is 4.60. The molecule has 0 aromatic heterocycles. The lowest BCUT2D eigenvalue weighted by Gasteiger charge is -2.28. The molecule has 1 aliphatic carbocycles. The van der Waals surface area contributed by atoms with Gasteiger partial charge in [-0.3, -0.25) is 0 Å². The van der Waals surface area contributed by atoms with Crippen molar-refractivity contribution in [2.24, 2.45) is 0 Å². The molecule has 0 radical (unpaired) electrons. The molecule has 1 rings (SSSR count). The van der Waals surface area contributed by atoms with Crippen LogP contribution in [-0.4, -0.2) is 34.6 Å². The second-order valence-corrected chi connectivity index (χ2v) is 4.55. The molecular formula is C10H20O3. The van der Waals surface area contributed by atoms with Crippen molar-refractivity contribution in [1.82, 2.24) is 0 Å². The van der Waals surface area contributed by atoms with Gasteiger partial charge in [-0.1, -0.05) is 0 Å². The highest BCUT2D eigenvalue weighted by Gasteiger charge is 2.22. The van der Waals surface area contributed by atoms with E-state index < -0.39 is 5.60 Å². The van der Waals surface area contributed by atoms with Crippen LogP contribution < -0.4 is 0 Å². The van der Waals surface area contributed by atoms with Gasteiger partial charge < -0.3 is 14.9 Å². The van der Waals surface area contributed by atoms with Crippen LogP contribution in [0.1, 0.15) is 39.5 Å². The fourth-order valence-corrected chi connectivity index (χ4v) is 1.53. The minimum Gasteiger partial charge on any atom is -0.393 e. The highest BCUT2D eigenvalue weighted by atomic mass is 16.5. The largest absolute Gasteiger partial charge is 0.393 e. The number of aliphatic hydroxyl groups is 2. The summed E-state index contributed by atoms with van der Waals surface area (Å²) in [7, 11) is 0. The van der Waals surface area contributed by atoms with Crippen LogP contribution in [0.2, 0.25) is 0 Å². The molecule has 0 saturated heterocycles. The minimum absolute atomic E-state index is 0.137. The fourth-order valence-electron chi connectivity index (χ4n) is 1.53. The van der Waals surface area contributed by atoms with Crippen molar-refractivity contribution < 1.29 is 14.9 Å². The Morgan fingerprint density at radius 3 is 2.23 bits per heavy atom. The molecule has 0 aromatic carbocycles. The van der Waals surface area contributed by atoms with Crippen LogP contribution in [0.3, 0.4) is 0 Å². The Morgan fingerprint density at radius 1 is 1.23 bits per heavy atom. The van der Waals surface area contributed by atoms with Crippen molar-refractivity contribution in [1.29, 1.82) is 0 Å². The highest BCUT2D eigenvalue weighted by Crippen LogP contribution is 2.21. The van der Waals surface area contributed by atoms with Crippen LogP contribution in [0, 0.1) is 0 Å². The Morgan fingerprint density at radius 2 is 1.77 bits per heavy atom. The van der Waals surface area contributed by atoms with Gasteiger partial charge in [-0.25, -0.2) is 0 Å². The van der Waals surface area contributed by atoms with Crippen LogP contribution in [0.15, 0.2) is 0 Å². The van der Waals surface area contributed by atoms with E-state index in [1.807, 2.05) is 0 Å². The van der Waals surface area contributed by atoms with Gasteiger partial charge in [-0.2, -0.15) is 0 Å². The van der Waals surface area contributed by atoms with Gasteiger partial charge in [0.05, 0.1) is 24.4 Å². The zero-order valence-corrected chi connectivity index (χ0v) is 8.49. The summed E-state index contributed by atoms with van der Waals surface area (Å²) in [6.07, 6.45) is 3.58. The van der Waals surface area contributed by atoms with E-state index in [0.717, 1.165) is 25.7 Å². The molecule has 78 valence electrons. The Kier molecular flexibility index (Phi) is 3.71. The van der Waals surface area contributed by atoms with E-state index in [9.17, 15) is 10.2 Å². The van der Waals surface area contributed by atoms with Crippen LogP contribution in [-0.2, 0) is 4.74 Å². The summed E-state index contributed by atoms with van der Waals surface area (Å²) in [6, 6.07) is 0. The summed E-state index contributed by atoms with van der Waals surface area (Å²) in [5.41, 5.74) is -0.740. The number of hydrogen-bond acceptors (Lipinski definition) is 3. The minimum atomic E-state index is -0.740. The van der Waals surface area contributed by atoms with Gasteiger partial charge >= 0.3 is 0 Å². The Bertz CT molecular complexity index is 143. The van der Waals surface area contributed by atoms with Crippen molar-refractivity contribution in [3.63, 3.8) is 0 Å². The number of hydrogen-bond donors (Lipinski definition) is 2. The van der Waals surface area contributed by atoms with Gasteiger partial charge in [-0.15, -0.1) is 0 Å². The molecule has 1 saturated carbocycles. The lowest BCUT2D eigenvalue weighted by atomic mass is 9.95. The van der Waals surface area contributed by atoms with Gasteiger partial charge in [0.1, 0.15) is 0 Å². The first kappa shape index (κ1) is 11.0. The van der Waals surface area contributed by atoms with Crippen molar-refractivity contribution in [2.45, 2.75) is 57.3 Å². The van der Waals surface area contributed by atoms with Crippen LogP contribution in [0.25, 0.3) is 0 Å². The first-order chi connectivity index (χ1) is 5.97. The number of rotatable bonds is 3. The second kappa shape index (κ2) is 4.40. The molecule has 13 heavy (non-hydrogen) atoms. The third-order valence-corrected chi connectivity index (χ3v) is 2.32. The maximum Gasteiger partial charge on any atom is 0.0824 e. The molecule has 0 aliphatic heterocycles. The summed E-state index contributed by atoms with van der Waals surface area (Å²) in [6.45, 7) is 3.86. The third-order valence-electron chi connectivity index (χ3n) is 2.32. The molecule has 0 amide bonds. The quantitative estimate of drug-likeness (QED) is 0.696. The van der Waals surface area contributed by atoms with E-state index >= 15 is 0 Å². The molecule has 2 N–H and O–H groups in total. The molecule has 1 fully saturated rings. The molecule has 0 bridgehead atoms. The van der Waals surface area contributed by atoms with Gasteiger partial charge in [-0.05, 0) is 39.5 Å². The fraction of sp³-hybridized carbons (Fsp3) is 1.00. The lowest BCUT2D eigenvalue weighted by molar-refractivity contribution is -0.0717. The van der Waals surface area contributed by atoms with E-state index in [0.29, 0.717) is 6.61 Å². The van der Waals surface area contributed by atoms with E-state index in [1.54, 1.807) is 13.8 Å². The van der Waals surface area contributed by atoms with Crippen LogP contribution in [0.4, 0.5) is 0 Å². The molecule has 0 atom stereocenters. The summed E-state index contributed by atoms with van der Waals surface area (Å²) >= 11 is 0. The maximum absolute atomic E-state index is 9.43. The zero-order valence-electron chi connectivity index (χ0n) is 8.49. The van der Waals surface area contributed by atoms with Crippen LogP contribution in [0.5, 0.6) is 0 Å². The van der Waals surface area contributed by atoms with Gasteiger partial charge in [0.25, 0.3) is 0 Å². The molecule has 0 spiro atoms. The van der Waals surface area contributed by atoms with E-state index in [2.05, 4.69) is 0 Å². The molecule has 3 nitrogen and oxygen atoms in total.